The van der Waals surface area contributed by atoms with Crippen LogP contribution in [-0.2, 0) is 6.54 Å². The highest BCUT2D eigenvalue weighted by Gasteiger charge is 2.22. The molecule has 1 aliphatic heterocycles. The van der Waals surface area contributed by atoms with E-state index >= 15 is 0 Å². The van der Waals surface area contributed by atoms with Crippen molar-refractivity contribution in [2.75, 3.05) is 18.4 Å². The van der Waals surface area contributed by atoms with Gasteiger partial charge in [-0.3, -0.25) is 9.88 Å². The zero-order valence-corrected chi connectivity index (χ0v) is 13.8. The van der Waals surface area contributed by atoms with Crippen LogP contribution in [0.25, 0.3) is 0 Å². The quantitative estimate of drug-likeness (QED) is 0.887. The number of hydrogen-bond donors (Lipinski definition) is 2. The van der Waals surface area contributed by atoms with E-state index in [2.05, 4.69) is 26.6 Å². The highest BCUT2D eigenvalue weighted by molar-refractivity contribution is 5.89. The van der Waals surface area contributed by atoms with Crippen LogP contribution >= 0.6 is 0 Å². The van der Waals surface area contributed by atoms with Crippen molar-refractivity contribution in [1.82, 2.24) is 15.2 Å². The summed E-state index contributed by atoms with van der Waals surface area (Å²) in [5.74, 6) is 0. The molecule has 1 aliphatic rings. The molecule has 126 valence electrons. The Morgan fingerprint density at radius 1 is 1.17 bits per heavy atom. The Hall–Kier alpha value is -2.40. The average Bonchev–Trinajstić information content (AvgIpc) is 2.63. The Balaban J connectivity index is 1.51. The minimum Gasteiger partial charge on any atom is -0.336 e. The maximum atomic E-state index is 12.1. The fraction of sp³-hybridized carbons (Fsp3) is 0.368. The molecule has 5 heteroatoms. The molecule has 1 unspecified atom stereocenters. The van der Waals surface area contributed by atoms with Gasteiger partial charge in [-0.25, -0.2) is 4.79 Å². The Kier molecular flexibility index (Phi) is 5.80. The molecule has 1 atom stereocenters. The molecule has 5 nitrogen and oxygen atoms in total. The number of nitrogens with zero attached hydrogens (tertiary/aromatic N) is 2. The van der Waals surface area contributed by atoms with Crippen molar-refractivity contribution in [3.8, 4) is 0 Å². The Bertz CT molecular complexity index is 632. The number of nitrogens with one attached hydrogen (secondary N) is 2. The van der Waals surface area contributed by atoms with Gasteiger partial charge < -0.3 is 10.6 Å². The molecule has 1 fully saturated rings. The topological polar surface area (TPSA) is 57.3 Å². The Morgan fingerprint density at radius 3 is 2.83 bits per heavy atom. The van der Waals surface area contributed by atoms with Crippen LogP contribution in [0.3, 0.4) is 0 Å². The summed E-state index contributed by atoms with van der Waals surface area (Å²) < 4.78 is 0. The zero-order chi connectivity index (χ0) is 16.6. The molecule has 1 aromatic heterocycles. The number of amides is 2. The molecule has 2 aromatic rings. The predicted octanol–water partition coefficient (Wildman–Crippen LogP) is 3.26. The number of pyridine rings is 1. The lowest BCUT2D eigenvalue weighted by Gasteiger charge is -2.35. The van der Waals surface area contributed by atoms with E-state index in [1.165, 1.54) is 18.4 Å². The van der Waals surface area contributed by atoms with Gasteiger partial charge in [0, 0.05) is 37.2 Å². The first-order chi connectivity index (χ1) is 11.8. The van der Waals surface area contributed by atoms with Gasteiger partial charge in [0.2, 0.25) is 0 Å². The summed E-state index contributed by atoms with van der Waals surface area (Å²) in [5.41, 5.74) is 2.03. The largest absolute Gasteiger partial charge is 0.336 e. The monoisotopic (exact) mass is 324 g/mol. The molecule has 0 aliphatic carbocycles. The van der Waals surface area contributed by atoms with E-state index in [1.807, 2.05) is 42.6 Å². The number of para-hydroxylation sites is 1. The molecule has 1 saturated heterocycles. The van der Waals surface area contributed by atoms with E-state index in [4.69, 9.17) is 0 Å². The first kappa shape index (κ1) is 16.5. The second-order valence-electron chi connectivity index (χ2n) is 6.18. The predicted molar refractivity (Wildman–Crippen MR) is 95.7 cm³/mol. The lowest BCUT2D eigenvalue weighted by atomic mass is 10.0. The van der Waals surface area contributed by atoms with E-state index in [-0.39, 0.29) is 6.03 Å². The molecule has 0 radical (unpaired) electrons. The second kappa shape index (κ2) is 8.45. The normalized spacial score (nSPS) is 18.1. The molecule has 0 bridgehead atoms. The van der Waals surface area contributed by atoms with Crippen molar-refractivity contribution in [2.24, 2.45) is 0 Å². The minimum atomic E-state index is -0.145. The van der Waals surface area contributed by atoms with E-state index in [0.29, 0.717) is 12.6 Å². The number of anilines is 1. The standard InChI is InChI=1S/C19H24N4O/c24-19(22-17-8-2-1-3-9-17)21-14-18-10-4-5-12-23(18)15-16-7-6-11-20-13-16/h1-3,6-9,11,13,18H,4-5,10,12,14-15H2,(H2,21,22,24). The summed E-state index contributed by atoms with van der Waals surface area (Å²) in [7, 11) is 0. The van der Waals surface area contributed by atoms with Crippen molar-refractivity contribution in [1.29, 1.82) is 0 Å². The molecular formula is C19H24N4O. The van der Waals surface area contributed by atoms with E-state index in [9.17, 15) is 4.79 Å². The van der Waals surface area contributed by atoms with Crippen LogP contribution in [0, 0.1) is 0 Å². The fourth-order valence-electron chi connectivity index (χ4n) is 3.13. The molecular weight excluding hydrogens is 300 g/mol. The molecule has 1 aromatic carbocycles. The summed E-state index contributed by atoms with van der Waals surface area (Å²) in [4.78, 5) is 18.7. The van der Waals surface area contributed by atoms with Gasteiger partial charge in [0.25, 0.3) is 0 Å². The van der Waals surface area contributed by atoms with Gasteiger partial charge in [0.1, 0.15) is 0 Å². The third-order valence-electron chi connectivity index (χ3n) is 4.39. The van der Waals surface area contributed by atoms with E-state index in [0.717, 1.165) is 25.2 Å². The third kappa shape index (κ3) is 4.80. The van der Waals surface area contributed by atoms with Gasteiger partial charge in [-0.15, -0.1) is 0 Å². The zero-order valence-electron chi connectivity index (χ0n) is 13.8. The molecule has 3 rings (SSSR count). The van der Waals surface area contributed by atoms with Crippen molar-refractivity contribution in [3.63, 3.8) is 0 Å². The summed E-state index contributed by atoms with van der Waals surface area (Å²) in [5, 5.41) is 5.88. The number of likely N-dealkylation sites (tertiary alicyclic amines) is 1. The fourth-order valence-corrected chi connectivity index (χ4v) is 3.13. The molecule has 2 amide bonds. The second-order valence-corrected chi connectivity index (χ2v) is 6.18. The van der Waals surface area contributed by atoms with Crippen LogP contribution in [0.2, 0.25) is 0 Å². The number of rotatable bonds is 5. The summed E-state index contributed by atoms with van der Waals surface area (Å²) in [6, 6.07) is 13.8. The first-order valence-corrected chi connectivity index (χ1v) is 8.54. The number of piperidine rings is 1. The van der Waals surface area contributed by atoms with Crippen LogP contribution < -0.4 is 10.6 Å². The van der Waals surface area contributed by atoms with Gasteiger partial charge in [-0.1, -0.05) is 30.7 Å². The van der Waals surface area contributed by atoms with Gasteiger partial charge >= 0.3 is 6.03 Å². The molecule has 2 heterocycles. The van der Waals surface area contributed by atoms with Crippen LogP contribution in [0.1, 0.15) is 24.8 Å². The SMILES string of the molecule is O=C(NCC1CCCCN1Cc1cccnc1)Nc1ccccc1. The van der Waals surface area contributed by atoms with E-state index < -0.39 is 0 Å². The van der Waals surface area contributed by atoms with Crippen LogP contribution in [0.15, 0.2) is 54.9 Å². The number of carbonyl (C=O) groups is 1. The average molecular weight is 324 g/mol. The maximum Gasteiger partial charge on any atom is 0.319 e. The lowest BCUT2D eigenvalue weighted by Crippen LogP contribution is -2.47. The molecule has 0 spiro atoms. The summed E-state index contributed by atoms with van der Waals surface area (Å²) in [6.45, 7) is 2.63. The van der Waals surface area contributed by atoms with Crippen molar-refractivity contribution < 1.29 is 4.79 Å². The van der Waals surface area contributed by atoms with Crippen molar-refractivity contribution in [3.05, 3.63) is 60.4 Å². The van der Waals surface area contributed by atoms with Crippen LogP contribution in [0.5, 0.6) is 0 Å². The van der Waals surface area contributed by atoms with Gasteiger partial charge in [-0.2, -0.15) is 0 Å². The van der Waals surface area contributed by atoms with Gasteiger partial charge in [-0.05, 0) is 43.1 Å². The van der Waals surface area contributed by atoms with Crippen LogP contribution in [-0.4, -0.2) is 35.0 Å². The smallest absolute Gasteiger partial charge is 0.319 e. The highest BCUT2D eigenvalue weighted by atomic mass is 16.2. The molecule has 0 saturated carbocycles. The summed E-state index contributed by atoms with van der Waals surface area (Å²) >= 11 is 0. The lowest BCUT2D eigenvalue weighted by molar-refractivity contribution is 0.139. The number of hydrogen-bond acceptors (Lipinski definition) is 3. The van der Waals surface area contributed by atoms with E-state index in [1.54, 1.807) is 6.20 Å². The summed E-state index contributed by atoms with van der Waals surface area (Å²) in [6.07, 6.45) is 7.27. The van der Waals surface area contributed by atoms with Gasteiger partial charge in [0.15, 0.2) is 0 Å². The number of benzene rings is 1. The van der Waals surface area contributed by atoms with Crippen LogP contribution in [0.4, 0.5) is 10.5 Å². The minimum absolute atomic E-state index is 0.145. The number of aromatic nitrogens is 1. The third-order valence-corrected chi connectivity index (χ3v) is 4.39. The maximum absolute atomic E-state index is 12.1. The van der Waals surface area contributed by atoms with Crippen molar-refractivity contribution in [2.45, 2.75) is 31.8 Å². The number of urea groups is 1. The van der Waals surface area contributed by atoms with Gasteiger partial charge in [0.05, 0.1) is 0 Å². The molecule has 2 N–H and O–H groups in total. The molecule has 24 heavy (non-hydrogen) atoms. The van der Waals surface area contributed by atoms with Crippen molar-refractivity contribution >= 4 is 11.7 Å². The first-order valence-electron chi connectivity index (χ1n) is 8.54. The Morgan fingerprint density at radius 2 is 2.04 bits per heavy atom. The number of carbonyl (C=O) groups excluding carboxylic acids is 1. The highest BCUT2D eigenvalue weighted by Crippen LogP contribution is 2.19. The Labute approximate surface area is 143 Å².